The zero-order valence-electron chi connectivity index (χ0n) is 18.4. The second-order valence-corrected chi connectivity index (χ2v) is 10.8. The first-order chi connectivity index (χ1) is 14.2. The van der Waals surface area contributed by atoms with E-state index < -0.39 is 24.2 Å². The zero-order valence-corrected chi connectivity index (χ0v) is 18.4. The smallest absolute Gasteiger partial charge is 0.329 e. The van der Waals surface area contributed by atoms with E-state index in [0.29, 0.717) is 30.2 Å². The van der Waals surface area contributed by atoms with Gasteiger partial charge in [0.15, 0.2) is 6.10 Å². The molecule has 168 valence electrons. The van der Waals surface area contributed by atoms with Gasteiger partial charge in [0.2, 0.25) is 5.91 Å². The van der Waals surface area contributed by atoms with Gasteiger partial charge in [0.1, 0.15) is 6.04 Å². The van der Waals surface area contributed by atoms with Gasteiger partial charge in [0.05, 0.1) is 11.5 Å². The van der Waals surface area contributed by atoms with Crippen LogP contribution in [-0.2, 0) is 19.1 Å². The number of hydrogen-bond acceptors (Lipinski definition) is 5. The van der Waals surface area contributed by atoms with Crippen LogP contribution in [0.5, 0.6) is 0 Å². The van der Waals surface area contributed by atoms with Crippen molar-refractivity contribution in [2.45, 2.75) is 84.0 Å². The summed E-state index contributed by atoms with van der Waals surface area (Å²) in [5.74, 6) is 1.28. The third-order valence-corrected chi connectivity index (χ3v) is 7.65. The van der Waals surface area contributed by atoms with E-state index in [2.05, 4.69) is 5.32 Å². The van der Waals surface area contributed by atoms with Crippen LogP contribution in [0.3, 0.4) is 0 Å². The topological polar surface area (TPSA) is 95.9 Å². The summed E-state index contributed by atoms with van der Waals surface area (Å²) < 4.78 is 5.42. The molecule has 5 rings (SSSR count). The van der Waals surface area contributed by atoms with Crippen molar-refractivity contribution in [3.63, 3.8) is 0 Å². The monoisotopic (exact) mass is 420 g/mol. The fraction of sp³-hybridized carbons (Fsp3) is 0.870. The molecule has 0 radical (unpaired) electrons. The number of aliphatic hydroxyl groups excluding tert-OH is 1. The molecule has 2 unspecified atom stereocenters. The molecule has 7 nitrogen and oxygen atoms in total. The van der Waals surface area contributed by atoms with Crippen LogP contribution in [-0.4, -0.2) is 59.1 Å². The highest BCUT2D eigenvalue weighted by molar-refractivity contribution is 5.90. The second-order valence-electron chi connectivity index (χ2n) is 10.8. The summed E-state index contributed by atoms with van der Waals surface area (Å²) in [6, 6.07) is -0.805. The summed E-state index contributed by atoms with van der Waals surface area (Å²) in [6.45, 7) is 6.22. The molecule has 0 aromatic heterocycles. The van der Waals surface area contributed by atoms with Gasteiger partial charge in [-0.25, -0.2) is 4.79 Å². The fourth-order valence-electron chi connectivity index (χ4n) is 6.69. The maximum absolute atomic E-state index is 13.7. The van der Waals surface area contributed by atoms with Crippen molar-refractivity contribution in [1.82, 2.24) is 10.2 Å². The Morgan fingerprint density at radius 3 is 2.13 bits per heavy atom. The highest BCUT2D eigenvalue weighted by atomic mass is 16.5. The number of nitrogens with one attached hydrogen (secondary N) is 1. The molecule has 7 heteroatoms. The molecule has 4 bridgehead atoms. The molecule has 30 heavy (non-hydrogen) atoms. The average molecular weight is 421 g/mol. The molecule has 0 aromatic carbocycles. The highest BCUT2D eigenvalue weighted by Crippen LogP contribution is 2.60. The molecular formula is C23H36N2O5. The molecule has 5 aliphatic rings. The summed E-state index contributed by atoms with van der Waals surface area (Å²) in [4.78, 5) is 40.3. The van der Waals surface area contributed by atoms with Gasteiger partial charge in [0.25, 0.3) is 5.91 Å². The van der Waals surface area contributed by atoms with Gasteiger partial charge in [-0.2, -0.15) is 0 Å². The van der Waals surface area contributed by atoms with E-state index >= 15 is 0 Å². The van der Waals surface area contributed by atoms with Crippen molar-refractivity contribution in [1.29, 1.82) is 0 Å². The molecule has 2 N–H and O–H groups in total. The summed E-state index contributed by atoms with van der Waals surface area (Å²) in [7, 11) is 0. The molecular weight excluding hydrogens is 384 g/mol. The normalized spacial score (nSPS) is 38.0. The number of rotatable bonds is 6. The number of β-amino-alcohol motifs (C(OH)–C–C–N with tert-alkyl or cyclic N) is 1. The van der Waals surface area contributed by atoms with Crippen LogP contribution in [0.1, 0.15) is 65.7 Å². The Morgan fingerprint density at radius 2 is 1.60 bits per heavy atom. The molecule has 0 spiro atoms. The average Bonchev–Trinajstić information content (AvgIpc) is 3.06. The van der Waals surface area contributed by atoms with E-state index in [1.807, 2.05) is 13.8 Å². The molecule has 1 saturated heterocycles. The zero-order chi connectivity index (χ0) is 21.6. The first-order valence-corrected chi connectivity index (χ1v) is 11.6. The second kappa shape index (κ2) is 8.13. The molecule has 1 aliphatic heterocycles. The number of carbonyl (C=O) groups is 3. The summed E-state index contributed by atoms with van der Waals surface area (Å²) in [5, 5.41) is 13.0. The Balaban J connectivity index is 1.42. The van der Waals surface area contributed by atoms with Gasteiger partial charge in [-0.3, -0.25) is 9.59 Å². The van der Waals surface area contributed by atoms with Gasteiger partial charge in [0, 0.05) is 19.5 Å². The lowest BCUT2D eigenvalue weighted by Gasteiger charge is -2.56. The van der Waals surface area contributed by atoms with Crippen LogP contribution in [0.25, 0.3) is 0 Å². The van der Waals surface area contributed by atoms with Crippen LogP contribution in [0.15, 0.2) is 0 Å². The lowest BCUT2D eigenvalue weighted by molar-refractivity contribution is -0.168. The minimum Gasteiger partial charge on any atom is -0.451 e. The predicted molar refractivity (Wildman–Crippen MR) is 110 cm³/mol. The van der Waals surface area contributed by atoms with Crippen LogP contribution >= 0.6 is 0 Å². The van der Waals surface area contributed by atoms with E-state index in [1.54, 1.807) is 11.8 Å². The van der Waals surface area contributed by atoms with Crippen molar-refractivity contribution in [3.8, 4) is 0 Å². The summed E-state index contributed by atoms with van der Waals surface area (Å²) in [6.07, 6.45) is 4.99. The van der Waals surface area contributed by atoms with Gasteiger partial charge < -0.3 is 20.1 Å². The molecule has 4 saturated carbocycles. The van der Waals surface area contributed by atoms with Gasteiger partial charge in [-0.05, 0) is 69.1 Å². The Kier molecular flexibility index (Phi) is 5.86. The molecule has 0 aromatic rings. The van der Waals surface area contributed by atoms with E-state index in [-0.39, 0.29) is 30.2 Å². The van der Waals surface area contributed by atoms with Crippen LogP contribution < -0.4 is 5.32 Å². The van der Waals surface area contributed by atoms with E-state index in [9.17, 15) is 19.5 Å². The summed E-state index contributed by atoms with van der Waals surface area (Å²) in [5.41, 5.74) is -0.363. The number of likely N-dealkylation sites (tertiary alicyclic amines) is 1. The number of nitrogens with zero attached hydrogens (tertiary/aromatic N) is 1. The van der Waals surface area contributed by atoms with Gasteiger partial charge in [-0.15, -0.1) is 0 Å². The maximum Gasteiger partial charge on any atom is 0.329 e. The number of carbonyl (C=O) groups excluding carboxylic acids is 3. The Labute approximate surface area is 178 Å². The number of esters is 1. The van der Waals surface area contributed by atoms with Crippen LogP contribution in [0.2, 0.25) is 0 Å². The summed E-state index contributed by atoms with van der Waals surface area (Å²) >= 11 is 0. The number of amides is 2. The van der Waals surface area contributed by atoms with Gasteiger partial charge >= 0.3 is 5.97 Å². The molecule has 5 fully saturated rings. The fourth-order valence-corrected chi connectivity index (χ4v) is 6.69. The quantitative estimate of drug-likeness (QED) is 0.640. The van der Waals surface area contributed by atoms with Crippen molar-refractivity contribution in [2.75, 3.05) is 13.1 Å². The Hall–Kier alpha value is -1.63. The molecule has 4 aliphatic carbocycles. The molecule has 3 atom stereocenters. The van der Waals surface area contributed by atoms with Crippen molar-refractivity contribution < 1.29 is 24.2 Å². The number of aliphatic hydroxyl groups is 1. The maximum atomic E-state index is 13.7. The van der Waals surface area contributed by atoms with E-state index in [0.717, 1.165) is 19.3 Å². The predicted octanol–water partition coefficient (Wildman–Crippen LogP) is 1.87. The van der Waals surface area contributed by atoms with E-state index in [1.165, 1.54) is 19.3 Å². The van der Waals surface area contributed by atoms with Crippen LogP contribution in [0.4, 0.5) is 0 Å². The molecule has 2 amide bonds. The largest absolute Gasteiger partial charge is 0.451 e. The van der Waals surface area contributed by atoms with E-state index in [4.69, 9.17) is 4.74 Å². The number of hydrogen-bond donors (Lipinski definition) is 2. The Morgan fingerprint density at radius 1 is 1.03 bits per heavy atom. The third kappa shape index (κ3) is 4.10. The number of ether oxygens (including phenoxy) is 1. The van der Waals surface area contributed by atoms with Crippen molar-refractivity contribution in [3.05, 3.63) is 0 Å². The lowest BCUT2D eigenvalue weighted by atomic mass is 9.49. The van der Waals surface area contributed by atoms with Gasteiger partial charge in [-0.1, -0.05) is 13.8 Å². The SMILES string of the molecule is CC(C)CNC(=O)C(C)OC(=O)[C@@H]1CC(O)CN1C(=O)C12CC3CC(CC(C3)C1)C2. The third-order valence-electron chi connectivity index (χ3n) is 7.65. The molecule has 1 heterocycles. The first kappa shape index (κ1) is 21.6. The standard InChI is InChI=1S/C23H36N2O5/c1-13(2)11-24-20(27)14(3)30-21(28)19-7-18(26)12-25(19)22(29)23-8-15-4-16(9-23)6-17(5-15)10-23/h13-19,26H,4-12H2,1-3H3,(H,24,27)/t14?,15?,16?,17?,18?,19-,23?/m0/s1. The highest BCUT2D eigenvalue weighted by Gasteiger charge is 2.57. The Bertz CT molecular complexity index is 670. The van der Waals surface area contributed by atoms with Crippen LogP contribution in [0, 0.1) is 29.1 Å². The minimum atomic E-state index is -0.925. The lowest BCUT2D eigenvalue weighted by Crippen LogP contribution is -2.56. The first-order valence-electron chi connectivity index (χ1n) is 11.6. The minimum absolute atomic E-state index is 0.0250. The van der Waals surface area contributed by atoms with Crippen molar-refractivity contribution in [2.24, 2.45) is 29.1 Å². The van der Waals surface area contributed by atoms with Crippen molar-refractivity contribution >= 4 is 17.8 Å².